The predicted octanol–water partition coefficient (Wildman–Crippen LogP) is 2.86. The third kappa shape index (κ3) is 5.27. The van der Waals surface area contributed by atoms with Gasteiger partial charge in [-0.1, -0.05) is 0 Å². The molecule has 0 unspecified atom stereocenters. The van der Waals surface area contributed by atoms with Gasteiger partial charge in [-0.2, -0.15) is 0 Å². The normalized spacial score (nSPS) is 13.8. The van der Waals surface area contributed by atoms with Crippen LogP contribution in [0.5, 0.6) is 0 Å². The topological polar surface area (TPSA) is 43.4 Å². The Balaban J connectivity index is 2.76. The average molecular weight is 334 g/mol. The zero-order chi connectivity index (χ0) is 12.4. The van der Waals surface area contributed by atoms with Crippen molar-refractivity contribution in [2.75, 3.05) is 0 Å². The quantitative estimate of drug-likeness (QED) is 0.628. The molecule has 0 aliphatic carbocycles. The fourth-order valence-electron chi connectivity index (χ4n) is 1.23. The first kappa shape index (κ1) is 13.9. The molecule has 16 heavy (non-hydrogen) atoms. The Morgan fingerprint density at radius 2 is 1.81 bits per heavy atom. The van der Waals surface area contributed by atoms with Crippen LogP contribution in [0.4, 0.5) is 3.89 Å². The van der Waals surface area contributed by atoms with Gasteiger partial charge < -0.3 is 0 Å². The van der Waals surface area contributed by atoms with E-state index in [9.17, 15) is 12.3 Å². The molecule has 0 atom stereocenters. The number of hydrogen-bond donors (Lipinski definition) is 0. The van der Waals surface area contributed by atoms with Crippen LogP contribution in [0.3, 0.4) is 0 Å². The van der Waals surface area contributed by atoms with Gasteiger partial charge in [0.1, 0.15) is 0 Å². The molecule has 0 N–H and O–H groups in total. The molecule has 0 saturated carbocycles. The van der Waals surface area contributed by atoms with E-state index in [-0.39, 0.29) is 0 Å². The van der Waals surface area contributed by atoms with E-state index in [0.717, 1.165) is 5.56 Å². The Labute approximate surface area is 103 Å². The Hall–Kier alpha value is -0.131. The molecule has 0 heterocycles. The zero-order valence-electron chi connectivity index (χ0n) is 8.81. The summed E-state index contributed by atoms with van der Waals surface area (Å²) in [6, 6.07) is 6.95. The van der Waals surface area contributed by atoms with Crippen molar-refractivity contribution in [3.8, 4) is 0 Å². The van der Waals surface area contributed by atoms with Gasteiger partial charge in [0.25, 0.3) is 0 Å². The molecule has 7 heteroatoms. The minimum absolute atomic E-state index is 0.427. The summed E-state index contributed by atoms with van der Waals surface area (Å²) in [5, 5.41) is 1.03. The first-order valence-electron chi connectivity index (χ1n) is 4.29. The van der Waals surface area contributed by atoms with E-state index in [1.54, 1.807) is 35.9 Å². The van der Waals surface area contributed by atoms with Crippen LogP contribution >= 0.6 is 11.6 Å². The van der Waals surface area contributed by atoms with Crippen molar-refractivity contribution in [3.05, 3.63) is 34.9 Å². The molecular weight excluding hydrogens is 322 g/mol. The van der Waals surface area contributed by atoms with E-state index in [1.165, 1.54) is 0 Å². The molecular formula is C9H12ClFO3SSe. The van der Waals surface area contributed by atoms with Crippen molar-refractivity contribution in [1.29, 1.82) is 0 Å². The Kier molecular flexibility index (Phi) is 4.37. The van der Waals surface area contributed by atoms with Gasteiger partial charge in [-0.15, -0.1) is 0 Å². The van der Waals surface area contributed by atoms with E-state index in [2.05, 4.69) is 3.27 Å². The third-order valence-electron chi connectivity index (χ3n) is 1.69. The Bertz CT molecular complexity index is 458. The van der Waals surface area contributed by atoms with Crippen LogP contribution in [0.15, 0.2) is 24.3 Å². The van der Waals surface area contributed by atoms with E-state index in [0.29, 0.717) is 10.3 Å². The molecule has 3 nitrogen and oxygen atoms in total. The average Bonchev–Trinajstić information content (AvgIpc) is 2.04. The predicted molar refractivity (Wildman–Crippen MR) is 63.8 cm³/mol. The number of hydrogen-bond acceptors (Lipinski definition) is 3. The first-order valence-corrected chi connectivity index (χ1v) is 11.3. The van der Waals surface area contributed by atoms with Gasteiger partial charge in [0.05, 0.1) is 0 Å². The molecule has 0 aliphatic heterocycles. The molecule has 1 aromatic carbocycles. The molecule has 0 aromatic heterocycles. The SMILES string of the molecule is C[Se](C)(Cc1ccc(Cl)cc1)OS(=O)(=O)F. The summed E-state index contributed by atoms with van der Waals surface area (Å²) in [7, 11) is -4.87. The second-order valence-electron chi connectivity index (χ2n) is 3.67. The summed E-state index contributed by atoms with van der Waals surface area (Å²) in [6.07, 6.45) is 0. The minimum atomic E-state index is -4.87. The molecule has 0 radical (unpaired) electrons. The van der Waals surface area contributed by atoms with Crippen molar-refractivity contribution in [1.82, 2.24) is 0 Å². The molecule has 0 aliphatic rings. The van der Waals surface area contributed by atoms with E-state index in [1.807, 2.05) is 0 Å². The van der Waals surface area contributed by atoms with Gasteiger partial charge in [0.2, 0.25) is 0 Å². The summed E-state index contributed by atoms with van der Waals surface area (Å²) in [6.45, 7) is 0. The Morgan fingerprint density at radius 3 is 2.25 bits per heavy atom. The van der Waals surface area contributed by atoms with Crippen molar-refractivity contribution in [2.45, 2.75) is 17.0 Å². The van der Waals surface area contributed by atoms with Crippen LogP contribution in [0.1, 0.15) is 5.56 Å². The van der Waals surface area contributed by atoms with Crippen LogP contribution in [0.25, 0.3) is 0 Å². The molecule has 0 bridgehead atoms. The summed E-state index contributed by atoms with van der Waals surface area (Å²) >= 11 is 2.93. The summed E-state index contributed by atoms with van der Waals surface area (Å²) in [4.78, 5) is 0. The molecule has 1 rings (SSSR count). The van der Waals surface area contributed by atoms with Crippen molar-refractivity contribution in [3.63, 3.8) is 0 Å². The molecule has 0 saturated heterocycles. The second-order valence-corrected chi connectivity index (χ2v) is 12.5. The maximum atomic E-state index is 12.4. The van der Waals surface area contributed by atoms with E-state index < -0.39 is 23.7 Å². The standard InChI is InChI=1S/C9H12ClFO3SSe/c1-16(2,14-15(11,12)13)7-8-3-5-9(10)6-4-8/h3-6H,7H2,1-2H3. The van der Waals surface area contributed by atoms with Crippen LogP contribution in [0.2, 0.25) is 16.7 Å². The van der Waals surface area contributed by atoms with Crippen LogP contribution < -0.4 is 0 Å². The molecule has 92 valence electrons. The van der Waals surface area contributed by atoms with Gasteiger partial charge in [-0.25, -0.2) is 0 Å². The number of benzene rings is 1. The van der Waals surface area contributed by atoms with E-state index in [4.69, 9.17) is 11.6 Å². The number of halogens is 2. The van der Waals surface area contributed by atoms with Gasteiger partial charge in [-0.05, 0) is 0 Å². The molecule has 0 fully saturated rings. The monoisotopic (exact) mass is 334 g/mol. The van der Waals surface area contributed by atoms with Crippen molar-refractivity contribution < 1.29 is 15.6 Å². The van der Waals surface area contributed by atoms with Crippen molar-refractivity contribution in [2.24, 2.45) is 0 Å². The zero-order valence-corrected chi connectivity index (χ0v) is 12.1. The van der Waals surface area contributed by atoms with Gasteiger partial charge >= 0.3 is 103 Å². The van der Waals surface area contributed by atoms with Crippen LogP contribution in [-0.4, -0.2) is 21.6 Å². The first-order chi connectivity index (χ1) is 7.18. The van der Waals surface area contributed by atoms with Crippen molar-refractivity contribution >= 4 is 35.3 Å². The van der Waals surface area contributed by atoms with E-state index >= 15 is 0 Å². The molecule has 0 amide bonds. The fraction of sp³-hybridized carbons (Fsp3) is 0.333. The third-order valence-corrected chi connectivity index (χ3v) is 7.98. The van der Waals surface area contributed by atoms with Gasteiger partial charge in [0, 0.05) is 0 Å². The Morgan fingerprint density at radius 1 is 1.31 bits per heavy atom. The summed E-state index contributed by atoms with van der Waals surface area (Å²) in [5.41, 5.74) is 0.887. The summed E-state index contributed by atoms with van der Waals surface area (Å²) in [5.74, 6) is 3.31. The molecule has 1 aromatic rings. The molecule has 0 spiro atoms. The van der Waals surface area contributed by atoms with Gasteiger partial charge in [-0.3, -0.25) is 0 Å². The van der Waals surface area contributed by atoms with Gasteiger partial charge in [0.15, 0.2) is 0 Å². The second kappa shape index (κ2) is 5.02. The van der Waals surface area contributed by atoms with Crippen LogP contribution in [0, 0.1) is 0 Å². The summed E-state index contributed by atoms with van der Waals surface area (Å²) < 4.78 is 37.7. The maximum absolute atomic E-state index is 12.4. The number of rotatable bonds is 4. The van der Waals surface area contributed by atoms with Crippen LogP contribution in [-0.2, 0) is 19.1 Å². The fourth-order valence-corrected chi connectivity index (χ4v) is 7.00.